The first-order valence-electron chi connectivity index (χ1n) is 5.78. The summed E-state index contributed by atoms with van der Waals surface area (Å²) in [5, 5.41) is 0. The number of ether oxygens (including phenoxy) is 2. The Morgan fingerprint density at radius 1 is 1.33 bits per heavy atom. The van der Waals surface area contributed by atoms with E-state index in [0.29, 0.717) is 30.9 Å². The topological polar surface area (TPSA) is 52.6 Å². The van der Waals surface area contributed by atoms with Crippen LogP contribution < -0.4 is 4.74 Å². The number of aldehydes is 1. The van der Waals surface area contributed by atoms with Crippen LogP contribution in [0.5, 0.6) is 5.75 Å². The number of para-hydroxylation sites is 1. The van der Waals surface area contributed by atoms with Crippen molar-refractivity contribution in [1.82, 2.24) is 0 Å². The predicted molar refractivity (Wildman–Crippen MR) is 67.7 cm³/mol. The molecule has 0 fully saturated rings. The normalized spacial score (nSPS) is 10.3. The highest BCUT2D eigenvalue weighted by Gasteiger charge is 2.00. The van der Waals surface area contributed by atoms with Gasteiger partial charge < -0.3 is 9.47 Å². The van der Waals surface area contributed by atoms with Crippen molar-refractivity contribution >= 4 is 12.3 Å². The number of hydrogen-bond acceptors (Lipinski definition) is 4. The second-order valence-electron chi connectivity index (χ2n) is 3.45. The van der Waals surface area contributed by atoms with Crippen LogP contribution in [-0.4, -0.2) is 25.5 Å². The summed E-state index contributed by atoms with van der Waals surface area (Å²) in [7, 11) is 0. The third-order valence-corrected chi connectivity index (χ3v) is 2.13. The molecule has 1 aromatic rings. The fourth-order valence-corrected chi connectivity index (χ4v) is 1.32. The van der Waals surface area contributed by atoms with Crippen LogP contribution in [0.1, 0.15) is 23.7 Å². The van der Waals surface area contributed by atoms with Crippen molar-refractivity contribution in [2.24, 2.45) is 0 Å². The molecule has 0 bridgehead atoms. The second kappa shape index (κ2) is 8.06. The van der Waals surface area contributed by atoms with Gasteiger partial charge in [-0.05, 0) is 25.5 Å². The lowest BCUT2D eigenvalue weighted by Gasteiger charge is -2.06. The molecule has 0 saturated carbocycles. The molecule has 0 aliphatic heterocycles. The average molecular weight is 248 g/mol. The molecule has 4 heteroatoms. The van der Waals surface area contributed by atoms with E-state index in [1.165, 1.54) is 6.08 Å². The fourth-order valence-electron chi connectivity index (χ4n) is 1.32. The highest BCUT2D eigenvalue weighted by molar-refractivity contribution is 5.81. The molecule has 0 N–H and O–H groups in total. The zero-order valence-electron chi connectivity index (χ0n) is 10.3. The van der Waals surface area contributed by atoms with Gasteiger partial charge in [0.1, 0.15) is 5.75 Å². The molecule has 0 unspecified atom stereocenters. The van der Waals surface area contributed by atoms with Gasteiger partial charge in [-0.2, -0.15) is 0 Å². The standard InChI is InChI=1S/C14H16O4/c1-2-17-14(16)9-5-6-10-18-13-8-4-3-7-12(13)11-15/h3-5,7-9,11H,2,6,10H2,1H3/b9-5+. The van der Waals surface area contributed by atoms with Crippen LogP contribution in [0.3, 0.4) is 0 Å². The zero-order chi connectivity index (χ0) is 13.2. The van der Waals surface area contributed by atoms with Gasteiger partial charge in [-0.25, -0.2) is 4.79 Å². The second-order valence-corrected chi connectivity index (χ2v) is 3.45. The molecular weight excluding hydrogens is 232 g/mol. The van der Waals surface area contributed by atoms with Crippen LogP contribution in [-0.2, 0) is 9.53 Å². The molecule has 18 heavy (non-hydrogen) atoms. The van der Waals surface area contributed by atoms with E-state index in [4.69, 9.17) is 9.47 Å². The summed E-state index contributed by atoms with van der Waals surface area (Å²) in [6, 6.07) is 7.00. The molecule has 4 nitrogen and oxygen atoms in total. The lowest BCUT2D eigenvalue weighted by molar-refractivity contribution is -0.137. The van der Waals surface area contributed by atoms with Gasteiger partial charge in [-0.1, -0.05) is 18.2 Å². The van der Waals surface area contributed by atoms with Gasteiger partial charge in [0.05, 0.1) is 18.8 Å². The molecule has 0 heterocycles. The Balaban J connectivity index is 2.33. The van der Waals surface area contributed by atoms with Crippen molar-refractivity contribution < 1.29 is 19.1 Å². The Hall–Kier alpha value is -2.10. The van der Waals surface area contributed by atoms with Crippen molar-refractivity contribution in [2.45, 2.75) is 13.3 Å². The average Bonchev–Trinajstić information content (AvgIpc) is 2.39. The van der Waals surface area contributed by atoms with Gasteiger partial charge in [-0.3, -0.25) is 4.79 Å². The van der Waals surface area contributed by atoms with Crippen LogP contribution in [0.25, 0.3) is 0 Å². The lowest BCUT2D eigenvalue weighted by atomic mass is 10.2. The summed E-state index contributed by atoms with van der Waals surface area (Å²) in [4.78, 5) is 21.7. The summed E-state index contributed by atoms with van der Waals surface area (Å²) in [5.41, 5.74) is 0.520. The minimum absolute atomic E-state index is 0.356. The number of carbonyl (C=O) groups is 2. The van der Waals surface area contributed by atoms with E-state index in [9.17, 15) is 9.59 Å². The molecule has 0 amide bonds. The number of rotatable bonds is 7. The number of benzene rings is 1. The Morgan fingerprint density at radius 2 is 2.11 bits per heavy atom. The van der Waals surface area contributed by atoms with Gasteiger partial charge in [0.2, 0.25) is 0 Å². The Morgan fingerprint density at radius 3 is 2.83 bits per heavy atom. The van der Waals surface area contributed by atoms with Crippen LogP contribution in [0, 0.1) is 0 Å². The van der Waals surface area contributed by atoms with Crippen LogP contribution >= 0.6 is 0 Å². The van der Waals surface area contributed by atoms with E-state index < -0.39 is 0 Å². The molecular formula is C14H16O4. The Bertz CT molecular complexity index is 424. The molecule has 0 spiro atoms. The largest absolute Gasteiger partial charge is 0.493 e. The molecule has 0 aliphatic carbocycles. The Labute approximate surface area is 106 Å². The summed E-state index contributed by atoms with van der Waals surface area (Å²) < 4.78 is 10.2. The van der Waals surface area contributed by atoms with Crippen molar-refractivity contribution in [2.75, 3.05) is 13.2 Å². The third-order valence-electron chi connectivity index (χ3n) is 2.13. The van der Waals surface area contributed by atoms with Gasteiger partial charge in [-0.15, -0.1) is 0 Å². The maximum atomic E-state index is 11.0. The Kier molecular flexibility index (Phi) is 6.25. The summed E-state index contributed by atoms with van der Waals surface area (Å²) >= 11 is 0. The third kappa shape index (κ3) is 4.82. The van der Waals surface area contributed by atoms with Crippen molar-refractivity contribution in [1.29, 1.82) is 0 Å². The van der Waals surface area contributed by atoms with Crippen molar-refractivity contribution in [3.63, 3.8) is 0 Å². The van der Waals surface area contributed by atoms with Gasteiger partial charge in [0.15, 0.2) is 6.29 Å². The summed E-state index contributed by atoms with van der Waals surface area (Å²) in [6.45, 7) is 2.53. The first-order valence-corrected chi connectivity index (χ1v) is 5.78. The first-order chi connectivity index (χ1) is 8.77. The molecule has 0 aliphatic rings. The van der Waals surface area contributed by atoms with E-state index >= 15 is 0 Å². The molecule has 1 rings (SSSR count). The SMILES string of the molecule is CCOC(=O)/C=C/CCOc1ccccc1C=O. The lowest BCUT2D eigenvalue weighted by Crippen LogP contribution is -2.01. The number of hydrogen-bond donors (Lipinski definition) is 0. The minimum Gasteiger partial charge on any atom is -0.493 e. The maximum absolute atomic E-state index is 11.0. The minimum atomic E-state index is -0.356. The maximum Gasteiger partial charge on any atom is 0.330 e. The monoisotopic (exact) mass is 248 g/mol. The highest BCUT2D eigenvalue weighted by Crippen LogP contribution is 2.15. The molecule has 1 aromatic carbocycles. The van der Waals surface area contributed by atoms with E-state index in [-0.39, 0.29) is 5.97 Å². The molecule has 0 saturated heterocycles. The first kappa shape index (κ1) is 14.0. The predicted octanol–water partition coefficient (Wildman–Crippen LogP) is 2.39. The van der Waals surface area contributed by atoms with Gasteiger partial charge >= 0.3 is 5.97 Å². The van der Waals surface area contributed by atoms with E-state index in [2.05, 4.69) is 0 Å². The summed E-state index contributed by atoms with van der Waals surface area (Å²) in [5.74, 6) is 0.197. The van der Waals surface area contributed by atoms with Gasteiger partial charge in [0, 0.05) is 6.08 Å². The highest BCUT2D eigenvalue weighted by atomic mass is 16.5. The number of carbonyl (C=O) groups excluding carboxylic acids is 2. The molecule has 0 radical (unpaired) electrons. The van der Waals surface area contributed by atoms with E-state index in [1.54, 1.807) is 37.3 Å². The molecule has 0 atom stereocenters. The molecule has 0 aromatic heterocycles. The van der Waals surface area contributed by atoms with Crippen molar-refractivity contribution in [3.05, 3.63) is 42.0 Å². The van der Waals surface area contributed by atoms with E-state index in [1.807, 2.05) is 0 Å². The van der Waals surface area contributed by atoms with Crippen molar-refractivity contribution in [3.8, 4) is 5.75 Å². The quantitative estimate of drug-likeness (QED) is 0.322. The van der Waals surface area contributed by atoms with Crippen LogP contribution in [0.15, 0.2) is 36.4 Å². The summed E-state index contributed by atoms with van der Waals surface area (Å²) in [6.07, 6.45) is 4.38. The van der Waals surface area contributed by atoms with Gasteiger partial charge in [0.25, 0.3) is 0 Å². The smallest absolute Gasteiger partial charge is 0.330 e. The van der Waals surface area contributed by atoms with Crippen LogP contribution in [0.2, 0.25) is 0 Å². The zero-order valence-corrected chi connectivity index (χ0v) is 10.3. The molecule has 96 valence electrons. The fraction of sp³-hybridized carbons (Fsp3) is 0.286. The van der Waals surface area contributed by atoms with E-state index in [0.717, 1.165) is 6.29 Å². The number of esters is 1. The van der Waals surface area contributed by atoms with Crippen LogP contribution in [0.4, 0.5) is 0 Å².